The molecule has 19 heavy (non-hydrogen) atoms. The van der Waals surface area contributed by atoms with E-state index in [1.807, 2.05) is 27.7 Å². The summed E-state index contributed by atoms with van der Waals surface area (Å²) in [4.78, 5) is 11.8. The van der Waals surface area contributed by atoms with Gasteiger partial charge in [-0.25, -0.2) is 0 Å². The van der Waals surface area contributed by atoms with Gasteiger partial charge in [-0.3, -0.25) is 4.79 Å². The maximum Gasteiger partial charge on any atom is 0.751 e. The number of hydrogen-bond donors (Lipinski definition) is 1. The van der Waals surface area contributed by atoms with E-state index in [2.05, 4.69) is 12.6 Å². The third-order valence-electron chi connectivity index (χ3n) is 2.36. The molecule has 0 aromatic heterocycles. The average molecular weight is 310 g/mol. The summed E-state index contributed by atoms with van der Waals surface area (Å²) in [6.45, 7) is 8.61. The summed E-state index contributed by atoms with van der Waals surface area (Å²) < 4.78 is 21.7. The zero-order valence-electron chi connectivity index (χ0n) is 12.3. The maximum atomic E-state index is 11.8. The van der Waals surface area contributed by atoms with Crippen LogP contribution in [-0.4, -0.2) is 40.1 Å². The van der Waals surface area contributed by atoms with Crippen LogP contribution in [0.15, 0.2) is 0 Å². The molecule has 0 fully saturated rings. The molecule has 7 heteroatoms. The molecule has 114 valence electrons. The molecule has 0 aliphatic carbocycles. The lowest BCUT2D eigenvalue weighted by Crippen LogP contribution is -2.50. The molecule has 0 N–H and O–H groups in total. The lowest BCUT2D eigenvalue weighted by Gasteiger charge is -2.26. The monoisotopic (exact) mass is 310 g/mol. The second kappa shape index (κ2) is 10.7. The van der Waals surface area contributed by atoms with Crippen LogP contribution in [0.3, 0.4) is 0 Å². The highest BCUT2D eigenvalue weighted by Crippen LogP contribution is 2.15. The standard InChI is InChI=1S/C12H26O5SSi/c1-5-11(18)9-10-12(13)17-19(14-6-2,15-7-3)16-8-4/h11,18H,5-10H2,1-4H3. The summed E-state index contributed by atoms with van der Waals surface area (Å²) in [5, 5.41) is 0.204. The first-order valence-corrected chi connectivity index (χ1v) is 9.00. The highest BCUT2D eigenvalue weighted by Gasteiger charge is 2.49. The first-order valence-electron chi connectivity index (χ1n) is 6.85. The number of hydrogen-bond acceptors (Lipinski definition) is 6. The number of rotatable bonds is 11. The van der Waals surface area contributed by atoms with Gasteiger partial charge in [-0.1, -0.05) is 6.92 Å². The second-order valence-electron chi connectivity index (χ2n) is 3.87. The van der Waals surface area contributed by atoms with Crippen LogP contribution < -0.4 is 0 Å². The Bertz CT molecular complexity index is 235. The topological polar surface area (TPSA) is 54.0 Å². The van der Waals surface area contributed by atoms with Crippen molar-refractivity contribution < 1.29 is 22.5 Å². The van der Waals surface area contributed by atoms with E-state index in [-0.39, 0.29) is 11.2 Å². The van der Waals surface area contributed by atoms with Crippen LogP contribution in [-0.2, 0) is 22.5 Å². The fourth-order valence-corrected chi connectivity index (χ4v) is 3.42. The highest BCUT2D eigenvalue weighted by atomic mass is 32.1. The molecule has 0 aromatic rings. The van der Waals surface area contributed by atoms with E-state index < -0.39 is 9.05 Å². The molecule has 0 aliphatic rings. The van der Waals surface area contributed by atoms with Gasteiger partial charge in [-0.2, -0.15) is 12.6 Å². The van der Waals surface area contributed by atoms with E-state index in [4.69, 9.17) is 17.7 Å². The van der Waals surface area contributed by atoms with Crippen molar-refractivity contribution in [1.29, 1.82) is 0 Å². The summed E-state index contributed by atoms with van der Waals surface area (Å²) in [7, 11) is -3.32. The zero-order chi connectivity index (χ0) is 14.7. The Kier molecular flexibility index (Phi) is 10.6. The van der Waals surface area contributed by atoms with E-state index >= 15 is 0 Å². The van der Waals surface area contributed by atoms with Crippen molar-refractivity contribution in [2.45, 2.75) is 52.2 Å². The Morgan fingerprint density at radius 3 is 1.89 bits per heavy atom. The molecule has 0 radical (unpaired) electrons. The normalized spacial score (nSPS) is 13.3. The summed E-state index contributed by atoms with van der Waals surface area (Å²) in [5.41, 5.74) is 0. The fraction of sp³-hybridized carbons (Fsp3) is 0.917. The largest absolute Gasteiger partial charge is 0.751 e. The van der Waals surface area contributed by atoms with E-state index in [1.165, 1.54) is 0 Å². The van der Waals surface area contributed by atoms with Crippen LogP contribution >= 0.6 is 12.6 Å². The number of thiol groups is 1. The third kappa shape index (κ3) is 7.94. The van der Waals surface area contributed by atoms with Gasteiger partial charge in [0.2, 0.25) is 0 Å². The van der Waals surface area contributed by atoms with E-state index in [1.54, 1.807) is 0 Å². The average Bonchev–Trinajstić information content (AvgIpc) is 2.36. The lowest BCUT2D eigenvalue weighted by molar-refractivity contribution is -0.144. The van der Waals surface area contributed by atoms with Crippen LogP contribution in [0.4, 0.5) is 0 Å². The van der Waals surface area contributed by atoms with Gasteiger partial charge < -0.3 is 17.7 Å². The van der Waals surface area contributed by atoms with Gasteiger partial charge in [0.05, 0.1) is 0 Å². The molecule has 1 unspecified atom stereocenters. The third-order valence-corrected chi connectivity index (χ3v) is 5.38. The van der Waals surface area contributed by atoms with E-state index in [9.17, 15) is 4.79 Å². The van der Waals surface area contributed by atoms with Crippen molar-refractivity contribution in [2.75, 3.05) is 19.8 Å². The Morgan fingerprint density at radius 2 is 1.53 bits per heavy atom. The minimum absolute atomic E-state index is 0.204. The molecule has 0 spiro atoms. The van der Waals surface area contributed by atoms with E-state index in [0.29, 0.717) is 32.7 Å². The lowest BCUT2D eigenvalue weighted by atomic mass is 10.2. The molecule has 0 heterocycles. The molecule has 0 amide bonds. The Balaban J connectivity index is 4.47. The molecular formula is C12H26O5SSi. The molecular weight excluding hydrogens is 284 g/mol. The molecule has 0 aliphatic heterocycles. The van der Waals surface area contributed by atoms with Gasteiger partial charge in [0.25, 0.3) is 5.97 Å². The Morgan fingerprint density at radius 1 is 1.05 bits per heavy atom. The maximum absolute atomic E-state index is 11.8. The Hall–Kier alpha value is -0.0831. The minimum Gasteiger partial charge on any atom is -0.452 e. The minimum atomic E-state index is -3.32. The van der Waals surface area contributed by atoms with Crippen molar-refractivity contribution in [3.63, 3.8) is 0 Å². The second-order valence-corrected chi connectivity index (χ2v) is 6.67. The van der Waals surface area contributed by atoms with Gasteiger partial charge >= 0.3 is 9.05 Å². The van der Waals surface area contributed by atoms with Gasteiger partial charge in [0, 0.05) is 31.5 Å². The van der Waals surface area contributed by atoms with Gasteiger partial charge in [0.15, 0.2) is 0 Å². The van der Waals surface area contributed by atoms with Crippen LogP contribution in [0.1, 0.15) is 47.0 Å². The molecule has 0 bridgehead atoms. The van der Waals surface area contributed by atoms with Crippen molar-refractivity contribution in [2.24, 2.45) is 0 Å². The first kappa shape index (κ1) is 18.9. The van der Waals surface area contributed by atoms with Crippen molar-refractivity contribution in [3.05, 3.63) is 0 Å². The number of carbonyl (C=O) groups excluding carboxylic acids is 1. The zero-order valence-corrected chi connectivity index (χ0v) is 14.2. The molecule has 5 nitrogen and oxygen atoms in total. The van der Waals surface area contributed by atoms with Gasteiger partial charge in [-0.05, 0) is 33.6 Å². The highest BCUT2D eigenvalue weighted by molar-refractivity contribution is 7.80. The van der Waals surface area contributed by atoms with Crippen LogP contribution in [0.25, 0.3) is 0 Å². The fourth-order valence-electron chi connectivity index (χ4n) is 1.42. The smallest absolute Gasteiger partial charge is 0.452 e. The molecule has 0 rings (SSSR count). The van der Waals surface area contributed by atoms with Crippen molar-refractivity contribution >= 4 is 27.6 Å². The van der Waals surface area contributed by atoms with Crippen LogP contribution in [0.5, 0.6) is 0 Å². The van der Waals surface area contributed by atoms with E-state index in [0.717, 1.165) is 6.42 Å². The quantitative estimate of drug-likeness (QED) is 0.469. The summed E-state index contributed by atoms with van der Waals surface area (Å²) in [6.07, 6.45) is 1.89. The predicted octanol–water partition coefficient (Wildman–Crippen LogP) is 2.56. The summed E-state index contributed by atoms with van der Waals surface area (Å²) >= 11 is 4.35. The van der Waals surface area contributed by atoms with Gasteiger partial charge in [-0.15, -0.1) is 0 Å². The SMILES string of the molecule is CCO[Si](OCC)(OCC)OC(=O)CCC(S)CC. The number of carbonyl (C=O) groups is 1. The Labute approximate surface area is 122 Å². The molecule has 0 saturated carbocycles. The summed E-state index contributed by atoms with van der Waals surface area (Å²) in [5.74, 6) is -0.352. The summed E-state index contributed by atoms with van der Waals surface area (Å²) in [6, 6.07) is 0. The van der Waals surface area contributed by atoms with Gasteiger partial charge in [0.1, 0.15) is 0 Å². The van der Waals surface area contributed by atoms with Crippen molar-refractivity contribution in [1.82, 2.24) is 0 Å². The molecule has 0 aromatic carbocycles. The molecule has 1 atom stereocenters. The molecule has 0 saturated heterocycles. The van der Waals surface area contributed by atoms with Crippen LogP contribution in [0.2, 0.25) is 0 Å². The first-order chi connectivity index (χ1) is 9.03. The van der Waals surface area contributed by atoms with Crippen molar-refractivity contribution in [3.8, 4) is 0 Å². The van der Waals surface area contributed by atoms with Crippen LogP contribution in [0, 0.1) is 0 Å². The predicted molar refractivity (Wildman–Crippen MR) is 79.0 cm³/mol.